The maximum Gasteiger partial charge on any atom is 0.110 e. The number of aliphatic hydroxyl groups excluding tert-OH is 1. The van der Waals surface area contributed by atoms with Crippen LogP contribution in [0.3, 0.4) is 0 Å². The highest BCUT2D eigenvalue weighted by atomic mass is 35.5. The van der Waals surface area contributed by atoms with Gasteiger partial charge in [-0.1, -0.05) is 25.4 Å². The number of nitrogens with zero attached hydrogens (tertiary/aromatic N) is 3. The van der Waals surface area contributed by atoms with E-state index >= 15 is 0 Å². The zero-order chi connectivity index (χ0) is 13.8. The van der Waals surface area contributed by atoms with Gasteiger partial charge in [-0.3, -0.25) is 4.98 Å². The lowest BCUT2D eigenvalue weighted by atomic mass is 10.2. The van der Waals surface area contributed by atoms with Crippen LogP contribution in [0.1, 0.15) is 25.6 Å². The molecule has 0 saturated heterocycles. The third-order valence-electron chi connectivity index (χ3n) is 3.19. The second-order valence-corrected chi connectivity index (χ2v) is 4.87. The number of benzene rings is 1. The van der Waals surface area contributed by atoms with Crippen molar-refractivity contribution in [2.75, 3.05) is 19.6 Å². The van der Waals surface area contributed by atoms with E-state index in [1.54, 1.807) is 18.3 Å². The SMILES string of the molecule is CCN(CC)C[C@H](O)c1cnc2cc(Cl)ccc2n1. The molecular formula is C14H18ClN3O. The second-order valence-electron chi connectivity index (χ2n) is 4.43. The van der Waals surface area contributed by atoms with Crippen molar-refractivity contribution in [2.24, 2.45) is 0 Å². The molecule has 2 aromatic rings. The predicted octanol–water partition coefficient (Wildman–Crippen LogP) is 2.66. The monoisotopic (exact) mass is 279 g/mol. The van der Waals surface area contributed by atoms with Crippen molar-refractivity contribution in [1.82, 2.24) is 14.9 Å². The lowest BCUT2D eigenvalue weighted by Crippen LogP contribution is -2.28. The molecule has 1 atom stereocenters. The first-order valence-corrected chi connectivity index (χ1v) is 6.84. The fourth-order valence-corrected chi connectivity index (χ4v) is 2.14. The maximum absolute atomic E-state index is 10.2. The molecule has 0 aliphatic rings. The quantitative estimate of drug-likeness (QED) is 0.914. The highest BCUT2D eigenvalue weighted by molar-refractivity contribution is 6.31. The molecule has 0 radical (unpaired) electrons. The van der Waals surface area contributed by atoms with Crippen LogP contribution in [0.25, 0.3) is 11.0 Å². The lowest BCUT2D eigenvalue weighted by Gasteiger charge is -2.21. The Hall–Kier alpha value is -1.23. The van der Waals surface area contributed by atoms with Gasteiger partial charge >= 0.3 is 0 Å². The van der Waals surface area contributed by atoms with Crippen molar-refractivity contribution in [3.8, 4) is 0 Å². The van der Waals surface area contributed by atoms with Crippen LogP contribution in [-0.4, -0.2) is 39.6 Å². The number of aromatic nitrogens is 2. The van der Waals surface area contributed by atoms with Gasteiger partial charge in [0, 0.05) is 11.6 Å². The van der Waals surface area contributed by atoms with Gasteiger partial charge in [-0.15, -0.1) is 0 Å². The van der Waals surface area contributed by atoms with Crippen molar-refractivity contribution in [3.05, 3.63) is 35.1 Å². The molecule has 1 aromatic carbocycles. The van der Waals surface area contributed by atoms with Gasteiger partial charge in [0.25, 0.3) is 0 Å². The van der Waals surface area contributed by atoms with E-state index in [9.17, 15) is 5.11 Å². The number of fused-ring (bicyclic) bond motifs is 1. The van der Waals surface area contributed by atoms with E-state index in [1.807, 2.05) is 6.07 Å². The minimum atomic E-state index is -0.618. The third kappa shape index (κ3) is 3.41. The van der Waals surface area contributed by atoms with Gasteiger partial charge in [-0.05, 0) is 31.3 Å². The average Bonchev–Trinajstić information content (AvgIpc) is 2.43. The van der Waals surface area contributed by atoms with Gasteiger partial charge in [0.1, 0.15) is 6.10 Å². The van der Waals surface area contributed by atoms with Crippen LogP contribution < -0.4 is 0 Å². The molecular weight excluding hydrogens is 262 g/mol. The minimum absolute atomic E-state index is 0.570. The molecule has 0 amide bonds. The largest absolute Gasteiger partial charge is 0.385 e. The summed E-state index contributed by atoms with van der Waals surface area (Å²) in [6.45, 7) is 6.53. The summed E-state index contributed by atoms with van der Waals surface area (Å²) in [5, 5.41) is 10.8. The Kier molecular flexibility index (Phi) is 4.69. The summed E-state index contributed by atoms with van der Waals surface area (Å²) < 4.78 is 0. The first-order valence-electron chi connectivity index (χ1n) is 6.46. The fourth-order valence-electron chi connectivity index (χ4n) is 1.98. The van der Waals surface area contributed by atoms with Gasteiger partial charge in [-0.2, -0.15) is 0 Å². The Bertz CT molecular complexity index is 557. The summed E-state index contributed by atoms with van der Waals surface area (Å²) in [6.07, 6.45) is 1.000. The number of rotatable bonds is 5. The van der Waals surface area contributed by atoms with Crippen molar-refractivity contribution in [1.29, 1.82) is 0 Å². The number of aliphatic hydroxyl groups is 1. The Balaban J connectivity index is 2.23. The van der Waals surface area contributed by atoms with Crippen molar-refractivity contribution < 1.29 is 5.11 Å². The summed E-state index contributed by atoms with van der Waals surface area (Å²) in [6, 6.07) is 5.36. The van der Waals surface area contributed by atoms with E-state index < -0.39 is 6.10 Å². The molecule has 1 N–H and O–H groups in total. The van der Waals surface area contributed by atoms with Gasteiger partial charge < -0.3 is 10.0 Å². The summed E-state index contributed by atoms with van der Waals surface area (Å²) in [4.78, 5) is 10.9. The van der Waals surface area contributed by atoms with E-state index in [1.165, 1.54) is 0 Å². The molecule has 0 unspecified atom stereocenters. The number of hydrogen-bond acceptors (Lipinski definition) is 4. The Labute approximate surface area is 118 Å². The van der Waals surface area contributed by atoms with Crippen LogP contribution in [0.5, 0.6) is 0 Å². The molecule has 1 heterocycles. The van der Waals surface area contributed by atoms with Gasteiger partial charge in [0.2, 0.25) is 0 Å². The number of likely N-dealkylation sites (N-methyl/N-ethyl adjacent to an activating group) is 1. The fraction of sp³-hybridized carbons (Fsp3) is 0.429. The third-order valence-corrected chi connectivity index (χ3v) is 3.42. The van der Waals surface area contributed by atoms with Crippen LogP contribution in [-0.2, 0) is 0 Å². The molecule has 2 rings (SSSR count). The predicted molar refractivity (Wildman–Crippen MR) is 77.3 cm³/mol. The molecule has 0 aliphatic carbocycles. The molecule has 19 heavy (non-hydrogen) atoms. The lowest BCUT2D eigenvalue weighted by molar-refractivity contribution is 0.115. The summed E-state index contributed by atoms with van der Waals surface area (Å²) in [5.41, 5.74) is 2.09. The molecule has 0 saturated carbocycles. The van der Waals surface area contributed by atoms with Crippen LogP contribution in [0.4, 0.5) is 0 Å². The van der Waals surface area contributed by atoms with Crippen LogP contribution in [0, 0.1) is 0 Å². The van der Waals surface area contributed by atoms with Crippen LogP contribution in [0.2, 0.25) is 5.02 Å². The molecule has 1 aromatic heterocycles. The van der Waals surface area contributed by atoms with Crippen molar-refractivity contribution in [3.63, 3.8) is 0 Å². The second kappa shape index (κ2) is 6.28. The normalized spacial score (nSPS) is 13.1. The minimum Gasteiger partial charge on any atom is -0.385 e. The first kappa shape index (κ1) is 14.2. The summed E-state index contributed by atoms with van der Waals surface area (Å²) >= 11 is 5.90. The molecule has 102 valence electrons. The number of hydrogen-bond donors (Lipinski definition) is 1. The van der Waals surface area contributed by atoms with Crippen LogP contribution in [0.15, 0.2) is 24.4 Å². The molecule has 0 spiro atoms. The first-order chi connectivity index (χ1) is 9.13. The van der Waals surface area contributed by atoms with E-state index in [2.05, 4.69) is 28.7 Å². The van der Waals surface area contributed by atoms with Gasteiger partial charge in [0.05, 0.1) is 22.9 Å². The smallest absolute Gasteiger partial charge is 0.110 e. The van der Waals surface area contributed by atoms with Crippen LogP contribution >= 0.6 is 11.6 Å². The van der Waals surface area contributed by atoms with E-state index in [0.29, 0.717) is 17.3 Å². The van der Waals surface area contributed by atoms with Gasteiger partial charge in [-0.25, -0.2) is 4.98 Å². The molecule has 4 nitrogen and oxygen atoms in total. The van der Waals surface area contributed by atoms with Crippen molar-refractivity contribution in [2.45, 2.75) is 20.0 Å². The summed E-state index contributed by atoms with van der Waals surface area (Å²) in [5.74, 6) is 0. The topological polar surface area (TPSA) is 49.2 Å². The maximum atomic E-state index is 10.2. The summed E-state index contributed by atoms with van der Waals surface area (Å²) in [7, 11) is 0. The zero-order valence-electron chi connectivity index (χ0n) is 11.2. The van der Waals surface area contributed by atoms with Gasteiger partial charge in [0.15, 0.2) is 0 Å². The molecule has 5 heteroatoms. The molecule has 0 fully saturated rings. The zero-order valence-corrected chi connectivity index (χ0v) is 11.9. The molecule has 0 aliphatic heterocycles. The highest BCUT2D eigenvalue weighted by Gasteiger charge is 2.13. The Morgan fingerprint density at radius 2 is 2.00 bits per heavy atom. The van der Waals surface area contributed by atoms with E-state index in [4.69, 9.17) is 11.6 Å². The average molecular weight is 280 g/mol. The molecule has 0 bridgehead atoms. The number of halogens is 1. The van der Waals surface area contributed by atoms with E-state index in [0.717, 1.165) is 24.1 Å². The highest BCUT2D eigenvalue weighted by Crippen LogP contribution is 2.18. The van der Waals surface area contributed by atoms with Crippen molar-refractivity contribution >= 4 is 22.6 Å². The standard InChI is InChI=1S/C14H18ClN3O/c1-3-18(4-2)9-14(19)13-8-16-12-7-10(15)5-6-11(12)17-13/h5-8,14,19H,3-4,9H2,1-2H3/t14-/m0/s1. The Morgan fingerprint density at radius 3 is 2.68 bits per heavy atom. The van der Waals surface area contributed by atoms with E-state index in [-0.39, 0.29) is 0 Å². The Morgan fingerprint density at radius 1 is 1.26 bits per heavy atom.